The number of aryl methyl sites for hydroxylation is 1. The first-order valence-electron chi connectivity index (χ1n) is 8.08. The van der Waals surface area contributed by atoms with Gasteiger partial charge in [0.05, 0.1) is 11.4 Å². The molecule has 0 unspecified atom stereocenters. The van der Waals surface area contributed by atoms with Gasteiger partial charge in [-0.15, -0.1) is 11.3 Å². The molecule has 0 spiro atoms. The number of carbonyl (C=O) groups is 1. The van der Waals surface area contributed by atoms with Crippen LogP contribution in [0, 0.1) is 6.92 Å². The fourth-order valence-corrected chi connectivity index (χ4v) is 3.24. The predicted octanol–water partition coefficient (Wildman–Crippen LogP) is 5.43. The highest BCUT2D eigenvalue weighted by atomic mass is 32.1. The first-order valence-corrected chi connectivity index (χ1v) is 8.96. The van der Waals surface area contributed by atoms with Crippen LogP contribution in [0.5, 0.6) is 5.75 Å². The second-order valence-corrected chi connectivity index (χ2v) is 6.37. The minimum atomic E-state index is -2.94. The molecule has 1 heterocycles. The average Bonchev–Trinajstić information content (AvgIpc) is 3.07. The summed E-state index contributed by atoms with van der Waals surface area (Å²) in [5.41, 5.74) is 1.86. The lowest BCUT2D eigenvalue weighted by Crippen LogP contribution is -2.23. The Kier molecular flexibility index (Phi) is 5.93. The van der Waals surface area contributed by atoms with Gasteiger partial charge in [-0.25, -0.2) is 4.98 Å². The molecule has 2 aromatic carbocycles. The average molecular weight is 386 g/mol. The third-order valence-electron chi connectivity index (χ3n) is 3.57. The maximum atomic E-state index is 12.9. The van der Waals surface area contributed by atoms with E-state index in [9.17, 15) is 13.6 Å². The quantitative estimate of drug-likeness (QED) is 0.531. The Morgan fingerprint density at radius 1 is 1.15 bits per heavy atom. The third kappa shape index (κ3) is 4.77. The van der Waals surface area contributed by atoms with Crippen LogP contribution in [0.1, 0.15) is 11.3 Å². The first kappa shape index (κ1) is 18.7. The molecule has 0 aliphatic carbocycles. The lowest BCUT2D eigenvalue weighted by Gasteiger charge is -2.18. The molecule has 0 aliphatic rings. The normalized spacial score (nSPS) is 11.1. The number of nitrogens with zero attached hydrogens (tertiary/aromatic N) is 2. The molecule has 0 atom stereocenters. The first-order chi connectivity index (χ1) is 13.0. The Morgan fingerprint density at radius 3 is 2.52 bits per heavy atom. The number of anilines is 2. The fourth-order valence-electron chi connectivity index (χ4n) is 2.41. The van der Waals surface area contributed by atoms with Crippen LogP contribution in [-0.2, 0) is 4.79 Å². The second kappa shape index (κ2) is 8.55. The Hall–Kier alpha value is -3.06. The zero-order chi connectivity index (χ0) is 19.2. The van der Waals surface area contributed by atoms with E-state index < -0.39 is 6.61 Å². The number of carbonyl (C=O) groups excluding carboxylic acids is 1. The van der Waals surface area contributed by atoms with E-state index >= 15 is 0 Å². The topological polar surface area (TPSA) is 42.4 Å². The van der Waals surface area contributed by atoms with Crippen molar-refractivity contribution in [2.45, 2.75) is 13.5 Å². The largest absolute Gasteiger partial charge is 0.434 e. The van der Waals surface area contributed by atoms with Crippen LogP contribution >= 0.6 is 11.3 Å². The SMILES string of the molecule is Cc1csc(N(C(=O)C=Cc2ccccc2OC(F)F)c2ccccc2)n1. The van der Waals surface area contributed by atoms with Crippen LogP contribution in [0.25, 0.3) is 6.08 Å². The number of hydrogen-bond donors (Lipinski definition) is 0. The molecule has 0 saturated carbocycles. The van der Waals surface area contributed by atoms with Crippen molar-refractivity contribution in [2.24, 2.45) is 0 Å². The molecule has 7 heteroatoms. The Morgan fingerprint density at radius 2 is 1.85 bits per heavy atom. The molecule has 0 bridgehead atoms. The molecule has 1 amide bonds. The van der Waals surface area contributed by atoms with Crippen molar-refractivity contribution in [1.82, 2.24) is 4.98 Å². The summed E-state index contributed by atoms with van der Waals surface area (Å²) in [4.78, 5) is 18.7. The molecule has 0 radical (unpaired) electrons. The minimum Gasteiger partial charge on any atom is -0.434 e. The number of aromatic nitrogens is 1. The summed E-state index contributed by atoms with van der Waals surface area (Å²) in [5.74, 6) is -0.338. The van der Waals surface area contributed by atoms with Crippen LogP contribution in [0.3, 0.4) is 0 Å². The van der Waals surface area contributed by atoms with E-state index in [-0.39, 0.29) is 11.7 Å². The lowest BCUT2D eigenvalue weighted by atomic mass is 10.2. The number of ether oxygens (including phenoxy) is 1. The van der Waals surface area contributed by atoms with E-state index in [0.29, 0.717) is 16.4 Å². The molecule has 0 saturated heterocycles. The molecule has 27 heavy (non-hydrogen) atoms. The molecule has 0 fully saturated rings. The molecule has 3 rings (SSSR count). The van der Waals surface area contributed by atoms with Gasteiger partial charge in [0.25, 0.3) is 5.91 Å². The van der Waals surface area contributed by atoms with E-state index in [2.05, 4.69) is 9.72 Å². The van der Waals surface area contributed by atoms with Gasteiger partial charge >= 0.3 is 6.61 Å². The molecular weight excluding hydrogens is 370 g/mol. The molecule has 0 N–H and O–H groups in total. The summed E-state index contributed by atoms with van der Waals surface area (Å²) >= 11 is 1.35. The van der Waals surface area contributed by atoms with Crippen LogP contribution < -0.4 is 9.64 Å². The number of halogens is 2. The van der Waals surface area contributed by atoms with Crippen molar-refractivity contribution in [3.8, 4) is 5.75 Å². The second-order valence-electron chi connectivity index (χ2n) is 5.53. The lowest BCUT2D eigenvalue weighted by molar-refractivity contribution is -0.113. The van der Waals surface area contributed by atoms with Crippen molar-refractivity contribution in [3.05, 3.63) is 77.3 Å². The van der Waals surface area contributed by atoms with Crippen molar-refractivity contribution < 1.29 is 18.3 Å². The van der Waals surface area contributed by atoms with E-state index in [1.807, 2.05) is 30.5 Å². The highest BCUT2D eigenvalue weighted by molar-refractivity contribution is 7.14. The maximum absolute atomic E-state index is 12.9. The van der Waals surface area contributed by atoms with Gasteiger partial charge in [0.2, 0.25) is 0 Å². The van der Waals surface area contributed by atoms with Gasteiger partial charge in [-0.3, -0.25) is 9.69 Å². The predicted molar refractivity (Wildman–Crippen MR) is 103 cm³/mol. The number of alkyl halides is 2. The molecular formula is C20H16F2N2O2S. The molecule has 4 nitrogen and oxygen atoms in total. The van der Waals surface area contributed by atoms with Crippen LogP contribution in [0.15, 0.2) is 66.1 Å². The third-order valence-corrected chi connectivity index (χ3v) is 4.52. The van der Waals surface area contributed by atoms with Crippen molar-refractivity contribution >= 4 is 34.1 Å². The van der Waals surface area contributed by atoms with E-state index in [0.717, 1.165) is 5.69 Å². The fraction of sp³-hybridized carbons (Fsp3) is 0.100. The summed E-state index contributed by atoms with van der Waals surface area (Å²) in [7, 11) is 0. The summed E-state index contributed by atoms with van der Waals surface area (Å²) in [6, 6.07) is 15.4. The van der Waals surface area contributed by atoms with Crippen molar-refractivity contribution in [3.63, 3.8) is 0 Å². The number of rotatable bonds is 6. The Bertz CT molecular complexity index is 942. The van der Waals surface area contributed by atoms with Crippen LogP contribution in [-0.4, -0.2) is 17.5 Å². The zero-order valence-corrected chi connectivity index (χ0v) is 15.2. The molecule has 3 aromatic rings. The summed E-state index contributed by atoms with van der Waals surface area (Å²) in [6.07, 6.45) is 2.77. The van der Waals surface area contributed by atoms with Gasteiger partial charge in [-0.1, -0.05) is 36.4 Å². The van der Waals surface area contributed by atoms with Gasteiger partial charge in [0.15, 0.2) is 5.13 Å². The van der Waals surface area contributed by atoms with E-state index in [1.54, 1.807) is 30.3 Å². The highest BCUT2D eigenvalue weighted by Crippen LogP contribution is 2.29. The zero-order valence-electron chi connectivity index (χ0n) is 14.4. The molecule has 0 aliphatic heterocycles. The van der Waals surface area contributed by atoms with Gasteiger partial charge in [-0.05, 0) is 31.2 Å². The standard InChI is InChI=1S/C20H16F2N2O2S/c1-14-13-27-20(23-14)24(16-8-3-2-4-9-16)18(25)12-11-15-7-5-6-10-17(15)26-19(21)22/h2-13,19H,1H3. The van der Waals surface area contributed by atoms with Gasteiger partial charge < -0.3 is 4.74 Å². The molecule has 1 aromatic heterocycles. The summed E-state index contributed by atoms with van der Waals surface area (Å²) in [5, 5.41) is 2.39. The number of para-hydroxylation sites is 2. The molecule has 138 valence electrons. The van der Waals surface area contributed by atoms with Gasteiger partial charge in [0.1, 0.15) is 5.75 Å². The van der Waals surface area contributed by atoms with Crippen molar-refractivity contribution in [1.29, 1.82) is 0 Å². The van der Waals surface area contributed by atoms with Crippen LogP contribution in [0.4, 0.5) is 19.6 Å². The number of benzene rings is 2. The summed E-state index contributed by atoms with van der Waals surface area (Å²) < 4.78 is 29.6. The highest BCUT2D eigenvalue weighted by Gasteiger charge is 2.19. The Balaban J connectivity index is 1.91. The number of amides is 1. The van der Waals surface area contributed by atoms with E-state index in [1.165, 1.54) is 34.5 Å². The maximum Gasteiger partial charge on any atom is 0.387 e. The van der Waals surface area contributed by atoms with Crippen molar-refractivity contribution in [2.75, 3.05) is 4.90 Å². The Labute approximate surface area is 159 Å². The number of thiazole rings is 1. The van der Waals surface area contributed by atoms with Crippen LogP contribution in [0.2, 0.25) is 0 Å². The van der Waals surface area contributed by atoms with E-state index in [4.69, 9.17) is 0 Å². The van der Waals surface area contributed by atoms with Gasteiger partial charge in [-0.2, -0.15) is 8.78 Å². The number of hydrogen-bond acceptors (Lipinski definition) is 4. The summed E-state index contributed by atoms with van der Waals surface area (Å²) in [6.45, 7) is -1.09. The monoisotopic (exact) mass is 386 g/mol. The smallest absolute Gasteiger partial charge is 0.387 e. The van der Waals surface area contributed by atoms with Gasteiger partial charge in [0, 0.05) is 17.0 Å². The minimum absolute atomic E-state index is 0.00732.